The van der Waals surface area contributed by atoms with Crippen LogP contribution in [-0.2, 0) is 4.79 Å². The van der Waals surface area contributed by atoms with Crippen LogP contribution < -0.4 is 0 Å². The summed E-state index contributed by atoms with van der Waals surface area (Å²) in [7, 11) is 1.73. The molecular formula is C8H14F3NO. The number of carbonyl (C=O) groups is 1. The Morgan fingerprint density at radius 1 is 1.38 bits per heavy atom. The first-order valence-electron chi connectivity index (χ1n) is 4.04. The van der Waals surface area contributed by atoms with Gasteiger partial charge >= 0.3 is 6.18 Å². The second-order valence-electron chi connectivity index (χ2n) is 3.14. The Morgan fingerprint density at radius 2 is 1.92 bits per heavy atom. The summed E-state index contributed by atoms with van der Waals surface area (Å²) in [6, 6.07) is 0. The molecule has 1 rings (SSSR count). The second-order valence-corrected chi connectivity index (χ2v) is 3.14. The van der Waals surface area contributed by atoms with E-state index in [-0.39, 0.29) is 6.54 Å². The lowest BCUT2D eigenvalue weighted by atomic mass is 9.98. The predicted molar refractivity (Wildman–Crippen MR) is 43.4 cm³/mol. The van der Waals surface area contributed by atoms with Gasteiger partial charge in [0.2, 0.25) is 0 Å². The molecular weight excluding hydrogens is 183 g/mol. The number of piperidine rings is 1. The number of hydrogen-bond acceptors (Lipinski definition) is 2. The van der Waals surface area contributed by atoms with Crippen molar-refractivity contribution in [2.24, 2.45) is 5.92 Å². The van der Waals surface area contributed by atoms with E-state index in [0.29, 0.717) is 12.8 Å². The fourth-order valence-electron chi connectivity index (χ4n) is 1.43. The maximum absolute atomic E-state index is 12.1. The summed E-state index contributed by atoms with van der Waals surface area (Å²) in [5.41, 5.74) is 0. The largest absolute Gasteiger partial charge is 0.393 e. The molecule has 0 N–H and O–H groups in total. The first-order chi connectivity index (χ1) is 6.00. The van der Waals surface area contributed by atoms with Crippen molar-refractivity contribution < 1.29 is 18.0 Å². The molecule has 0 amide bonds. The molecule has 1 aliphatic heterocycles. The van der Waals surface area contributed by atoms with E-state index in [9.17, 15) is 13.2 Å². The fourth-order valence-corrected chi connectivity index (χ4v) is 1.43. The van der Waals surface area contributed by atoms with Gasteiger partial charge in [0.15, 0.2) is 0 Å². The van der Waals surface area contributed by atoms with Gasteiger partial charge in [-0.15, -0.1) is 0 Å². The van der Waals surface area contributed by atoms with E-state index in [2.05, 4.69) is 0 Å². The number of alkyl halides is 3. The standard InChI is InChI=1S/C7H12F3N.CH2O/c1-11-4-2-3-6(5-11)7(8,9)10;1-2/h6H,2-5H2,1H3;1H2. The quantitative estimate of drug-likeness (QED) is 0.589. The summed E-state index contributed by atoms with van der Waals surface area (Å²) in [6.45, 7) is 2.97. The van der Waals surface area contributed by atoms with Gasteiger partial charge in [-0.05, 0) is 26.4 Å². The van der Waals surface area contributed by atoms with Crippen molar-refractivity contribution in [3.63, 3.8) is 0 Å². The smallest absolute Gasteiger partial charge is 0.307 e. The Labute approximate surface area is 75.7 Å². The molecule has 0 aromatic rings. The van der Waals surface area contributed by atoms with Crippen molar-refractivity contribution in [3.05, 3.63) is 0 Å². The Kier molecular flexibility index (Phi) is 4.98. The van der Waals surface area contributed by atoms with Crippen molar-refractivity contribution in [3.8, 4) is 0 Å². The van der Waals surface area contributed by atoms with Crippen LogP contribution >= 0.6 is 0 Å². The van der Waals surface area contributed by atoms with Crippen molar-refractivity contribution >= 4 is 6.79 Å². The molecule has 1 aliphatic rings. The minimum Gasteiger partial charge on any atom is -0.307 e. The summed E-state index contributed by atoms with van der Waals surface area (Å²) in [4.78, 5) is 9.74. The maximum Gasteiger partial charge on any atom is 0.393 e. The van der Waals surface area contributed by atoms with Crippen LogP contribution in [0.3, 0.4) is 0 Å². The maximum atomic E-state index is 12.1. The highest BCUT2D eigenvalue weighted by atomic mass is 19.4. The van der Waals surface area contributed by atoms with Gasteiger partial charge in [0.25, 0.3) is 0 Å². The molecule has 0 aromatic heterocycles. The zero-order valence-corrected chi connectivity index (χ0v) is 7.60. The molecule has 5 heteroatoms. The SMILES string of the molecule is C=O.CN1CCCC(C(F)(F)F)C1. The first-order valence-corrected chi connectivity index (χ1v) is 4.04. The van der Waals surface area contributed by atoms with Crippen LogP contribution in [0.2, 0.25) is 0 Å². The summed E-state index contributed by atoms with van der Waals surface area (Å²) in [6.07, 6.45) is -3.02. The van der Waals surface area contributed by atoms with Crippen molar-refractivity contribution in [1.29, 1.82) is 0 Å². The van der Waals surface area contributed by atoms with Gasteiger partial charge in [0.1, 0.15) is 6.79 Å². The van der Waals surface area contributed by atoms with E-state index in [0.717, 1.165) is 6.54 Å². The normalized spacial score (nSPS) is 24.8. The summed E-state index contributed by atoms with van der Waals surface area (Å²) < 4.78 is 36.3. The van der Waals surface area contributed by atoms with Crippen molar-refractivity contribution in [1.82, 2.24) is 4.90 Å². The van der Waals surface area contributed by atoms with Crippen LogP contribution in [0.1, 0.15) is 12.8 Å². The molecule has 0 saturated carbocycles. The zero-order chi connectivity index (χ0) is 10.5. The fraction of sp³-hybridized carbons (Fsp3) is 0.875. The van der Waals surface area contributed by atoms with Crippen LogP contribution in [0.15, 0.2) is 0 Å². The van der Waals surface area contributed by atoms with E-state index in [1.165, 1.54) is 0 Å². The molecule has 1 saturated heterocycles. The lowest BCUT2D eigenvalue weighted by Crippen LogP contribution is -2.39. The van der Waals surface area contributed by atoms with E-state index < -0.39 is 12.1 Å². The van der Waals surface area contributed by atoms with Gasteiger partial charge in [0.05, 0.1) is 5.92 Å². The molecule has 0 aromatic carbocycles. The summed E-state index contributed by atoms with van der Waals surface area (Å²) in [5, 5.41) is 0. The van der Waals surface area contributed by atoms with Gasteiger partial charge in [-0.1, -0.05) is 0 Å². The molecule has 2 nitrogen and oxygen atoms in total. The highest BCUT2D eigenvalue weighted by Crippen LogP contribution is 2.32. The molecule has 1 fully saturated rings. The molecule has 1 unspecified atom stereocenters. The lowest BCUT2D eigenvalue weighted by molar-refractivity contribution is -0.185. The molecule has 0 bridgehead atoms. The molecule has 1 atom stereocenters. The molecule has 0 radical (unpaired) electrons. The van der Waals surface area contributed by atoms with E-state index >= 15 is 0 Å². The Hall–Kier alpha value is -0.580. The van der Waals surface area contributed by atoms with Crippen LogP contribution in [0.4, 0.5) is 13.2 Å². The minimum atomic E-state index is -3.99. The third kappa shape index (κ3) is 4.26. The Bertz CT molecular complexity index is 149. The van der Waals surface area contributed by atoms with E-state index in [1.807, 2.05) is 6.79 Å². The van der Waals surface area contributed by atoms with Crippen LogP contribution in [0, 0.1) is 5.92 Å². The average Bonchev–Trinajstić information content (AvgIpc) is 2.06. The Morgan fingerprint density at radius 3 is 2.23 bits per heavy atom. The highest BCUT2D eigenvalue weighted by molar-refractivity contribution is 5.10. The van der Waals surface area contributed by atoms with Crippen LogP contribution in [-0.4, -0.2) is 38.0 Å². The monoisotopic (exact) mass is 197 g/mol. The van der Waals surface area contributed by atoms with Crippen LogP contribution in [0.5, 0.6) is 0 Å². The third-order valence-corrected chi connectivity index (χ3v) is 2.09. The summed E-state index contributed by atoms with van der Waals surface area (Å²) >= 11 is 0. The molecule has 0 spiro atoms. The Balaban J connectivity index is 0.000000671. The number of rotatable bonds is 0. The molecule has 1 heterocycles. The van der Waals surface area contributed by atoms with Gasteiger partial charge in [0, 0.05) is 6.54 Å². The number of halogens is 3. The van der Waals surface area contributed by atoms with Gasteiger partial charge in [-0.25, -0.2) is 0 Å². The van der Waals surface area contributed by atoms with E-state index in [4.69, 9.17) is 4.79 Å². The van der Waals surface area contributed by atoms with Gasteiger partial charge < -0.3 is 9.69 Å². The molecule has 78 valence electrons. The van der Waals surface area contributed by atoms with Crippen LogP contribution in [0.25, 0.3) is 0 Å². The van der Waals surface area contributed by atoms with Gasteiger partial charge in [-0.3, -0.25) is 0 Å². The molecule has 13 heavy (non-hydrogen) atoms. The number of carbonyl (C=O) groups excluding carboxylic acids is 1. The average molecular weight is 197 g/mol. The van der Waals surface area contributed by atoms with Crippen molar-refractivity contribution in [2.75, 3.05) is 20.1 Å². The number of nitrogens with zero attached hydrogens (tertiary/aromatic N) is 1. The van der Waals surface area contributed by atoms with E-state index in [1.54, 1.807) is 11.9 Å². The first kappa shape index (κ1) is 12.4. The minimum absolute atomic E-state index is 0.170. The predicted octanol–water partition coefficient (Wildman–Crippen LogP) is 1.71. The zero-order valence-electron chi connectivity index (χ0n) is 7.60. The topological polar surface area (TPSA) is 20.3 Å². The second kappa shape index (κ2) is 5.21. The van der Waals surface area contributed by atoms with Crippen molar-refractivity contribution in [2.45, 2.75) is 19.0 Å². The molecule has 0 aliphatic carbocycles. The van der Waals surface area contributed by atoms with Gasteiger partial charge in [-0.2, -0.15) is 13.2 Å². The highest BCUT2D eigenvalue weighted by Gasteiger charge is 2.40. The lowest BCUT2D eigenvalue weighted by Gasteiger charge is -2.30. The number of hydrogen-bond donors (Lipinski definition) is 0. The third-order valence-electron chi connectivity index (χ3n) is 2.09. The number of likely N-dealkylation sites (tertiary alicyclic amines) is 1. The summed E-state index contributed by atoms with van der Waals surface area (Å²) in [5.74, 6) is -1.10.